The van der Waals surface area contributed by atoms with Crippen LogP contribution in [0.3, 0.4) is 0 Å². The van der Waals surface area contributed by atoms with Crippen LogP contribution in [0.2, 0.25) is 0 Å². The number of nitrogens with one attached hydrogen (secondary N) is 1. The van der Waals surface area contributed by atoms with Crippen LogP contribution in [0, 0.1) is 36.0 Å². The molecule has 0 spiro atoms. The highest BCUT2D eigenvalue weighted by Crippen LogP contribution is 2.30. The zero-order chi connectivity index (χ0) is 15.0. The van der Waals surface area contributed by atoms with E-state index in [0.717, 1.165) is 0 Å². The standard InChI is InChI=1S/C12H8F5N3/c1-4-2-5(18)12(19-3-4)20-11-9(16)7(14)6(13)8(15)10(11)17/h2-3H,18H2,1H3,(H,19,20). The summed E-state index contributed by atoms with van der Waals surface area (Å²) in [6, 6.07) is 1.43. The smallest absolute Gasteiger partial charge is 0.200 e. The van der Waals surface area contributed by atoms with Gasteiger partial charge in [0, 0.05) is 6.20 Å². The third-order valence-electron chi connectivity index (χ3n) is 2.51. The molecule has 106 valence electrons. The van der Waals surface area contributed by atoms with Crippen LogP contribution in [0.15, 0.2) is 12.3 Å². The van der Waals surface area contributed by atoms with Gasteiger partial charge in [-0.1, -0.05) is 0 Å². The van der Waals surface area contributed by atoms with Gasteiger partial charge in [0.05, 0.1) is 5.69 Å². The molecule has 8 heteroatoms. The third kappa shape index (κ3) is 2.24. The van der Waals surface area contributed by atoms with Crippen molar-refractivity contribution in [3.63, 3.8) is 0 Å². The lowest BCUT2D eigenvalue weighted by Gasteiger charge is -2.12. The second-order valence-electron chi connectivity index (χ2n) is 4.02. The van der Waals surface area contributed by atoms with Crippen molar-refractivity contribution in [2.75, 3.05) is 11.1 Å². The summed E-state index contributed by atoms with van der Waals surface area (Å²) in [6.07, 6.45) is 1.32. The lowest BCUT2D eigenvalue weighted by molar-refractivity contribution is 0.382. The Labute approximate surface area is 110 Å². The zero-order valence-electron chi connectivity index (χ0n) is 10.1. The molecular formula is C12H8F5N3. The number of benzene rings is 1. The topological polar surface area (TPSA) is 50.9 Å². The van der Waals surface area contributed by atoms with E-state index >= 15 is 0 Å². The summed E-state index contributed by atoms with van der Waals surface area (Å²) in [4.78, 5) is 3.73. The molecule has 0 unspecified atom stereocenters. The van der Waals surface area contributed by atoms with Crippen molar-refractivity contribution in [2.45, 2.75) is 6.92 Å². The van der Waals surface area contributed by atoms with Gasteiger partial charge in [0.1, 0.15) is 5.69 Å². The Hall–Kier alpha value is -2.38. The van der Waals surface area contributed by atoms with Crippen molar-refractivity contribution < 1.29 is 22.0 Å². The summed E-state index contributed by atoms with van der Waals surface area (Å²) in [7, 11) is 0. The molecule has 0 aliphatic rings. The molecule has 0 saturated heterocycles. The Morgan fingerprint density at radius 2 is 1.45 bits per heavy atom. The van der Waals surface area contributed by atoms with Crippen LogP contribution in [-0.2, 0) is 0 Å². The molecular weight excluding hydrogens is 281 g/mol. The second kappa shape index (κ2) is 4.95. The van der Waals surface area contributed by atoms with Crippen LogP contribution in [0.4, 0.5) is 39.1 Å². The van der Waals surface area contributed by atoms with Gasteiger partial charge in [-0.05, 0) is 18.6 Å². The SMILES string of the molecule is Cc1cnc(Nc2c(F)c(F)c(F)c(F)c2F)c(N)c1. The van der Waals surface area contributed by atoms with Crippen molar-refractivity contribution in [1.82, 2.24) is 4.98 Å². The Morgan fingerprint density at radius 3 is 1.95 bits per heavy atom. The first kappa shape index (κ1) is 14.0. The van der Waals surface area contributed by atoms with E-state index in [1.165, 1.54) is 12.3 Å². The average molecular weight is 289 g/mol. The molecule has 1 aromatic carbocycles. The summed E-state index contributed by atoms with van der Waals surface area (Å²) < 4.78 is 65.8. The predicted molar refractivity (Wildman–Crippen MR) is 62.9 cm³/mol. The molecule has 1 heterocycles. The lowest BCUT2D eigenvalue weighted by atomic mass is 10.2. The molecule has 0 bridgehead atoms. The van der Waals surface area contributed by atoms with E-state index < -0.39 is 34.8 Å². The van der Waals surface area contributed by atoms with Gasteiger partial charge in [-0.25, -0.2) is 26.9 Å². The number of pyridine rings is 1. The van der Waals surface area contributed by atoms with Gasteiger partial charge in [0.15, 0.2) is 29.1 Å². The molecule has 0 aliphatic carbocycles. The average Bonchev–Trinajstić information content (AvgIpc) is 2.41. The number of nitrogens with two attached hydrogens (primary N) is 1. The monoisotopic (exact) mass is 289 g/mol. The van der Waals surface area contributed by atoms with E-state index in [1.807, 2.05) is 5.32 Å². The first-order chi connectivity index (χ1) is 9.32. The van der Waals surface area contributed by atoms with Crippen LogP contribution in [0.1, 0.15) is 5.56 Å². The van der Waals surface area contributed by atoms with Crippen LogP contribution in [0.5, 0.6) is 0 Å². The number of aromatic nitrogens is 1. The quantitative estimate of drug-likeness (QED) is 0.506. The fourth-order valence-electron chi connectivity index (χ4n) is 1.53. The zero-order valence-corrected chi connectivity index (χ0v) is 10.1. The minimum absolute atomic E-state index is 0.00828. The van der Waals surface area contributed by atoms with Gasteiger partial charge >= 0.3 is 0 Å². The fourth-order valence-corrected chi connectivity index (χ4v) is 1.53. The first-order valence-electron chi connectivity index (χ1n) is 5.33. The maximum absolute atomic E-state index is 13.4. The van der Waals surface area contributed by atoms with Crippen molar-refractivity contribution >= 4 is 17.2 Å². The summed E-state index contributed by atoms with van der Waals surface area (Å²) in [6.45, 7) is 1.67. The Balaban J connectivity index is 2.54. The number of nitrogen functional groups attached to an aromatic ring is 1. The molecule has 0 aliphatic heterocycles. The number of rotatable bonds is 2. The summed E-state index contributed by atoms with van der Waals surface area (Å²) in [5.74, 6) is -10.5. The van der Waals surface area contributed by atoms with Gasteiger partial charge in [0.2, 0.25) is 5.82 Å². The van der Waals surface area contributed by atoms with E-state index in [0.29, 0.717) is 5.56 Å². The van der Waals surface area contributed by atoms with Gasteiger partial charge in [-0.2, -0.15) is 0 Å². The van der Waals surface area contributed by atoms with E-state index in [-0.39, 0.29) is 11.5 Å². The van der Waals surface area contributed by atoms with Crippen molar-refractivity contribution in [3.8, 4) is 0 Å². The third-order valence-corrected chi connectivity index (χ3v) is 2.51. The highest BCUT2D eigenvalue weighted by molar-refractivity contribution is 5.69. The second-order valence-corrected chi connectivity index (χ2v) is 4.02. The molecule has 0 amide bonds. The summed E-state index contributed by atoms with van der Waals surface area (Å²) >= 11 is 0. The first-order valence-corrected chi connectivity index (χ1v) is 5.33. The van der Waals surface area contributed by atoms with Gasteiger partial charge in [-0.15, -0.1) is 0 Å². The maximum Gasteiger partial charge on any atom is 0.200 e. The molecule has 20 heavy (non-hydrogen) atoms. The van der Waals surface area contributed by atoms with E-state index in [4.69, 9.17) is 5.73 Å². The number of hydrogen-bond acceptors (Lipinski definition) is 3. The number of hydrogen-bond donors (Lipinski definition) is 2. The number of halogens is 5. The molecule has 1 aromatic heterocycles. The molecule has 0 atom stereocenters. The van der Waals surface area contributed by atoms with Gasteiger partial charge < -0.3 is 11.1 Å². The Morgan fingerprint density at radius 1 is 0.950 bits per heavy atom. The normalized spacial score (nSPS) is 10.7. The number of aryl methyl sites for hydroxylation is 1. The minimum Gasteiger partial charge on any atom is -0.396 e. The van der Waals surface area contributed by atoms with Crippen molar-refractivity contribution in [2.24, 2.45) is 0 Å². The van der Waals surface area contributed by atoms with Crippen LogP contribution in [0.25, 0.3) is 0 Å². The molecule has 3 nitrogen and oxygen atoms in total. The Kier molecular flexibility index (Phi) is 3.47. The molecule has 3 N–H and O–H groups in total. The van der Waals surface area contributed by atoms with E-state index in [2.05, 4.69) is 4.98 Å². The highest BCUT2D eigenvalue weighted by atomic mass is 19.2. The van der Waals surface area contributed by atoms with Gasteiger partial charge in [0.25, 0.3) is 0 Å². The van der Waals surface area contributed by atoms with E-state index in [9.17, 15) is 22.0 Å². The van der Waals surface area contributed by atoms with E-state index in [1.54, 1.807) is 6.92 Å². The largest absolute Gasteiger partial charge is 0.396 e. The molecule has 0 fully saturated rings. The maximum atomic E-state index is 13.4. The number of nitrogens with zero attached hydrogens (tertiary/aromatic N) is 1. The molecule has 2 rings (SSSR count). The molecule has 0 saturated carbocycles. The highest BCUT2D eigenvalue weighted by Gasteiger charge is 2.26. The number of anilines is 3. The fraction of sp³-hybridized carbons (Fsp3) is 0.0833. The van der Waals surface area contributed by atoms with Crippen molar-refractivity contribution in [1.29, 1.82) is 0 Å². The summed E-state index contributed by atoms with van der Waals surface area (Å²) in [5.41, 5.74) is 5.02. The van der Waals surface area contributed by atoms with Crippen LogP contribution >= 0.6 is 0 Å². The molecule has 0 radical (unpaired) electrons. The van der Waals surface area contributed by atoms with Gasteiger partial charge in [-0.3, -0.25) is 0 Å². The van der Waals surface area contributed by atoms with Crippen LogP contribution < -0.4 is 11.1 Å². The lowest BCUT2D eigenvalue weighted by Crippen LogP contribution is -2.08. The Bertz CT molecular complexity index is 658. The van der Waals surface area contributed by atoms with Crippen LogP contribution in [-0.4, -0.2) is 4.98 Å². The molecule has 2 aromatic rings. The minimum atomic E-state index is -2.23. The van der Waals surface area contributed by atoms with Crippen molar-refractivity contribution in [3.05, 3.63) is 46.9 Å². The summed E-state index contributed by atoms with van der Waals surface area (Å²) in [5, 5.41) is 2.01. The predicted octanol–water partition coefficient (Wildman–Crippen LogP) is 3.41.